The average Bonchev–Trinajstić information content (AvgIpc) is 2.96. The number of nitrogens with zero attached hydrogens (tertiary/aromatic N) is 2. The molecule has 2 amide bonds. The Morgan fingerprint density at radius 1 is 1.30 bits per heavy atom. The summed E-state index contributed by atoms with van der Waals surface area (Å²) < 4.78 is 0.902. The van der Waals surface area contributed by atoms with Gasteiger partial charge < -0.3 is 5.73 Å². The number of thioether (sulfide) groups is 1. The molecule has 7 heteroatoms. The number of hydrogen-bond donors (Lipinski definition) is 1. The molecule has 0 spiro atoms. The molecule has 2 fully saturated rings. The van der Waals surface area contributed by atoms with Crippen molar-refractivity contribution >= 4 is 40.0 Å². The van der Waals surface area contributed by atoms with Gasteiger partial charge in [-0.1, -0.05) is 42.4 Å². The molecule has 1 aromatic heterocycles. The van der Waals surface area contributed by atoms with E-state index in [0.717, 1.165) is 29.9 Å². The molecule has 3 rings (SSSR count). The first kappa shape index (κ1) is 13.9. The Labute approximate surface area is 125 Å². The van der Waals surface area contributed by atoms with Crippen molar-refractivity contribution in [3.05, 3.63) is 6.20 Å². The summed E-state index contributed by atoms with van der Waals surface area (Å²) in [5.74, 6) is -0.0456. The molecule has 0 aromatic carbocycles. The molecule has 2 aliphatic rings. The summed E-state index contributed by atoms with van der Waals surface area (Å²) in [7, 11) is 0. The number of amides is 2. The summed E-state index contributed by atoms with van der Waals surface area (Å²) >= 11 is 2.78. The van der Waals surface area contributed by atoms with Crippen LogP contribution in [-0.2, 0) is 9.59 Å². The first-order valence-electron chi connectivity index (χ1n) is 6.89. The lowest BCUT2D eigenvalue weighted by atomic mass is 9.94. The highest BCUT2D eigenvalue weighted by Gasteiger charge is 2.43. The lowest BCUT2D eigenvalue weighted by molar-refractivity contribution is -0.141. The lowest BCUT2D eigenvalue weighted by Crippen LogP contribution is -2.41. The summed E-state index contributed by atoms with van der Waals surface area (Å²) in [4.78, 5) is 30.1. The van der Waals surface area contributed by atoms with E-state index >= 15 is 0 Å². The highest BCUT2D eigenvalue weighted by molar-refractivity contribution is 8.02. The van der Waals surface area contributed by atoms with Crippen LogP contribution in [0.4, 0.5) is 5.13 Å². The summed E-state index contributed by atoms with van der Waals surface area (Å²) in [5.41, 5.74) is 5.59. The molecule has 2 heterocycles. The summed E-state index contributed by atoms with van der Waals surface area (Å²) in [6.45, 7) is 0. The van der Waals surface area contributed by atoms with Crippen LogP contribution < -0.4 is 5.73 Å². The van der Waals surface area contributed by atoms with Gasteiger partial charge in [-0.3, -0.25) is 14.5 Å². The quantitative estimate of drug-likeness (QED) is 0.867. The van der Waals surface area contributed by atoms with Crippen LogP contribution >= 0.6 is 23.1 Å². The summed E-state index contributed by atoms with van der Waals surface area (Å²) in [6, 6.07) is 0.126. The van der Waals surface area contributed by atoms with Crippen LogP contribution in [0.1, 0.15) is 38.5 Å². The van der Waals surface area contributed by atoms with E-state index < -0.39 is 0 Å². The maximum Gasteiger partial charge on any atom is 0.243 e. The Morgan fingerprint density at radius 2 is 2.05 bits per heavy atom. The molecule has 1 unspecified atom stereocenters. The smallest absolute Gasteiger partial charge is 0.243 e. The van der Waals surface area contributed by atoms with E-state index in [-0.39, 0.29) is 23.1 Å². The third-order valence-electron chi connectivity index (χ3n) is 3.84. The number of rotatable bonds is 3. The molecule has 108 valence electrons. The van der Waals surface area contributed by atoms with Crippen molar-refractivity contribution in [3.8, 4) is 0 Å². The Kier molecular flexibility index (Phi) is 3.98. The molecule has 1 saturated carbocycles. The van der Waals surface area contributed by atoms with Crippen LogP contribution in [-0.4, -0.2) is 33.0 Å². The van der Waals surface area contributed by atoms with Crippen molar-refractivity contribution in [1.29, 1.82) is 0 Å². The van der Waals surface area contributed by atoms with Crippen molar-refractivity contribution in [2.45, 2.75) is 54.0 Å². The summed E-state index contributed by atoms with van der Waals surface area (Å²) in [6.07, 6.45) is 7.34. The molecule has 1 saturated heterocycles. The van der Waals surface area contributed by atoms with Gasteiger partial charge in [-0.15, -0.1) is 0 Å². The van der Waals surface area contributed by atoms with Gasteiger partial charge in [-0.05, 0) is 12.8 Å². The van der Waals surface area contributed by atoms with Gasteiger partial charge in [0.05, 0.1) is 15.7 Å². The van der Waals surface area contributed by atoms with Gasteiger partial charge in [0.15, 0.2) is 5.13 Å². The van der Waals surface area contributed by atoms with Crippen LogP contribution in [0.2, 0.25) is 0 Å². The first-order chi connectivity index (χ1) is 9.65. The highest BCUT2D eigenvalue weighted by atomic mass is 32.2. The molecule has 1 aromatic rings. The van der Waals surface area contributed by atoms with Gasteiger partial charge in [0.25, 0.3) is 0 Å². The molecule has 1 aliphatic carbocycles. The zero-order valence-corrected chi connectivity index (χ0v) is 12.7. The number of aromatic nitrogens is 1. The summed E-state index contributed by atoms with van der Waals surface area (Å²) in [5, 5.41) is 0.192. The number of nitrogen functional groups attached to an aromatic ring is 1. The van der Waals surface area contributed by atoms with E-state index in [1.807, 2.05) is 0 Å². The molecule has 1 aliphatic heterocycles. The van der Waals surface area contributed by atoms with E-state index in [4.69, 9.17) is 5.73 Å². The number of anilines is 1. The van der Waals surface area contributed by atoms with Gasteiger partial charge >= 0.3 is 0 Å². The number of likely N-dealkylation sites (tertiary alicyclic amines) is 1. The Hall–Kier alpha value is -1.08. The molecule has 0 radical (unpaired) electrons. The van der Waals surface area contributed by atoms with E-state index in [1.165, 1.54) is 34.4 Å². The van der Waals surface area contributed by atoms with Crippen molar-refractivity contribution in [2.75, 3.05) is 5.73 Å². The maximum absolute atomic E-state index is 12.5. The molecular weight excluding hydrogens is 294 g/mol. The normalized spacial score (nSPS) is 24.6. The predicted molar refractivity (Wildman–Crippen MR) is 79.5 cm³/mol. The van der Waals surface area contributed by atoms with Gasteiger partial charge in [0.2, 0.25) is 11.8 Å². The second-order valence-electron chi connectivity index (χ2n) is 5.22. The third-order valence-corrected chi connectivity index (χ3v) is 5.99. The largest absolute Gasteiger partial charge is 0.375 e. The number of hydrogen-bond acceptors (Lipinski definition) is 6. The minimum Gasteiger partial charge on any atom is -0.375 e. The minimum atomic E-state index is -0.302. The van der Waals surface area contributed by atoms with Crippen LogP contribution in [0.15, 0.2) is 10.4 Å². The van der Waals surface area contributed by atoms with Gasteiger partial charge in [0.1, 0.15) is 0 Å². The number of thiazole rings is 1. The zero-order chi connectivity index (χ0) is 14.1. The molecule has 5 nitrogen and oxygen atoms in total. The van der Waals surface area contributed by atoms with Gasteiger partial charge in [-0.2, -0.15) is 0 Å². The van der Waals surface area contributed by atoms with Crippen molar-refractivity contribution in [3.63, 3.8) is 0 Å². The molecular formula is C13H17N3O2S2. The van der Waals surface area contributed by atoms with E-state index in [1.54, 1.807) is 6.20 Å². The molecule has 2 N–H and O–H groups in total. The number of imide groups is 1. The van der Waals surface area contributed by atoms with Crippen molar-refractivity contribution in [2.24, 2.45) is 0 Å². The number of carbonyl (C=O) groups excluding carboxylic acids is 2. The predicted octanol–water partition coefficient (Wildman–Crippen LogP) is 2.28. The fourth-order valence-corrected chi connectivity index (χ4v) is 4.95. The first-order valence-corrected chi connectivity index (χ1v) is 8.58. The van der Waals surface area contributed by atoms with Crippen LogP contribution in [0.3, 0.4) is 0 Å². The lowest BCUT2D eigenvalue weighted by Gasteiger charge is -2.29. The fraction of sp³-hybridized carbons (Fsp3) is 0.615. The van der Waals surface area contributed by atoms with Gasteiger partial charge in [0, 0.05) is 12.5 Å². The number of carbonyl (C=O) groups is 2. The Balaban J connectivity index is 1.69. The highest BCUT2D eigenvalue weighted by Crippen LogP contribution is 2.37. The second-order valence-corrected chi connectivity index (χ2v) is 7.79. The Morgan fingerprint density at radius 3 is 2.70 bits per heavy atom. The van der Waals surface area contributed by atoms with E-state index in [2.05, 4.69) is 4.98 Å². The van der Waals surface area contributed by atoms with E-state index in [9.17, 15) is 9.59 Å². The zero-order valence-electron chi connectivity index (χ0n) is 11.1. The molecule has 0 bridgehead atoms. The third kappa shape index (κ3) is 2.69. The molecule has 20 heavy (non-hydrogen) atoms. The molecule has 1 atom stereocenters. The minimum absolute atomic E-state index is 0.0168. The second kappa shape index (κ2) is 5.73. The average molecular weight is 311 g/mol. The number of nitrogens with two attached hydrogens (primary N) is 1. The monoisotopic (exact) mass is 311 g/mol. The topological polar surface area (TPSA) is 76.3 Å². The Bertz CT molecular complexity index is 525. The maximum atomic E-state index is 12.5. The van der Waals surface area contributed by atoms with E-state index in [0.29, 0.717) is 11.6 Å². The van der Waals surface area contributed by atoms with Crippen molar-refractivity contribution < 1.29 is 9.59 Å². The fourth-order valence-electron chi connectivity index (χ4n) is 2.90. The van der Waals surface area contributed by atoms with Crippen LogP contribution in [0.5, 0.6) is 0 Å². The van der Waals surface area contributed by atoms with Gasteiger partial charge in [-0.25, -0.2) is 4.98 Å². The SMILES string of the molecule is Nc1ncc(SC2CC(=O)N(C3CCCCC3)C2=O)s1. The van der Waals surface area contributed by atoms with Crippen LogP contribution in [0.25, 0.3) is 0 Å². The standard InChI is InChI=1S/C13H17N3O2S2/c14-13-15-7-11(20-13)19-9-6-10(17)16(12(9)18)8-4-2-1-3-5-8/h7-9H,1-6H2,(H2,14,15). The van der Waals surface area contributed by atoms with Crippen molar-refractivity contribution in [1.82, 2.24) is 9.88 Å². The van der Waals surface area contributed by atoms with Crippen LogP contribution in [0, 0.1) is 0 Å².